The van der Waals surface area contributed by atoms with Gasteiger partial charge < -0.3 is 15.6 Å². The summed E-state index contributed by atoms with van der Waals surface area (Å²) in [5.41, 5.74) is 3.93. The summed E-state index contributed by atoms with van der Waals surface area (Å²) in [6, 6.07) is 14.9. The second kappa shape index (κ2) is 10.7. The van der Waals surface area contributed by atoms with Gasteiger partial charge in [0.2, 0.25) is 5.91 Å². The van der Waals surface area contributed by atoms with Gasteiger partial charge in [-0.2, -0.15) is 0 Å². The minimum Gasteiger partial charge on any atom is -0.367 e. The number of hydrogen-bond donors (Lipinski definition) is 3. The Labute approximate surface area is 225 Å². The number of anilines is 1. The molecule has 0 atom stereocenters. The molecule has 2 aliphatic rings. The van der Waals surface area contributed by atoms with Crippen LogP contribution in [-0.4, -0.2) is 50.9 Å². The minimum absolute atomic E-state index is 0.0279. The van der Waals surface area contributed by atoms with Crippen molar-refractivity contribution < 1.29 is 9.18 Å². The summed E-state index contributed by atoms with van der Waals surface area (Å²) in [4.78, 5) is 27.1. The van der Waals surface area contributed by atoms with Crippen LogP contribution in [-0.2, 0) is 11.3 Å². The van der Waals surface area contributed by atoms with E-state index >= 15 is 0 Å². The van der Waals surface area contributed by atoms with Crippen molar-refractivity contribution in [2.75, 3.05) is 18.4 Å². The summed E-state index contributed by atoms with van der Waals surface area (Å²) in [6.45, 7) is 2.24. The number of hydrogen-bond acceptors (Lipinski definition) is 5. The highest BCUT2D eigenvalue weighted by Crippen LogP contribution is 2.31. The van der Waals surface area contributed by atoms with Crippen molar-refractivity contribution in [2.45, 2.75) is 44.3 Å². The van der Waals surface area contributed by atoms with Crippen LogP contribution >= 0.6 is 11.6 Å². The largest absolute Gasteiger partial charge is 0.367 e. The number of pyridine rings is 2. The third-order valence-electron chi connectivity index (χ3n) is 7.63. The van der Waals surface area contributed by atoms with E-state index in [9.17, 15) is 9.18 Å². The van der Waals surface area contributed by atoms with Crippen LogP contribution in [0.4, 0.5) is 10.2 Å². The number of nitrogens with one attached hydrogen (secondary N) is 3. The third-order valence-corrected chi connectivity index (χ3v) is 7.82. The normalized spacial score (nSPS) is 20.3. The number of rotatable bonds is 7. The Hall–Kier alpha value is -3.49. The lowest BCUT2D eigenvalue weighted by molar-refractivity contribution is -0.131. The van der Waals surface area contributed by atoms with E-state index in [0.717, 1.165) is 78.9 Å². The minimum atomic E-state index is -0.226. The number of likely N-dealkylation sites (tertiary alicyclic amines) is 1. The number of benzene rings is 1. The molecule has 4 heterocycles. The zero-order valence-corrected chi connectivity index (χ0v) is 21.7. The molecular formula is C29H30ClFN6O. The van der Waals surface area contributed by atoms with Crippen LogP contribution in [0.1, 0.15) is 31.2 Å². The highest BCUT2D eigenvalue weighted by molar-refractivity contribution is 6.29. The summed E-state index contributed by atoms with van der Waals surface area (Å²) in [5.74, 6) is 0.705. The van der Waals surface area contributed by atoms with Gasteiger partial charge in [0.15, 0.2) is 0 Å². The van der Waals surface area contributed by atoms with Crippen LogP contribution in [0.15, 0.2) is 60.9 Å². The van der Waals surface area contributed by atoms with Crippen molar-refractivity contribution >= 4 is 34.4 Å². The fourth-order valence-electron chi connectivity index (χ4n) is 5.54. The molecule has 7 nitrogen and oxygen atoms in total. The van der Waals surface area contributed by atoms with Gasteiger partial charge >= 0.3 is 0 Å². The number of nitrogens with zero attached hydrogens (tertiary/aromatic N) is 3. The Balaban J connectivity index is 0.984. The molecule has 1 amide bonds. The molecule has 1 saturated carbocycles. The number of fused-ring (bicyclic) bond motifs is 1. The van der Waals surface area contributed by atoms with Crippen LogP contribution in [0.2, 0.25) is 5.15 Å². The molecule has 1 aliphatic heterocycles. The van der Waals surface area contributed by atoms with Crippen LogP contribution in [0.5, 0.6) is 0 Å². The molecule has 38 heavy (non-hydrogen) atoms. The quantitative estimate of drug-likeness (QED) is 0.278. The molecule has 0 radical (unpaired) electrons. The summed E-state index contributed by atoms with van der Waals surface area (Å²) in [5, 5.41) is 8.31. The predicted molar refractivity (Wildman–Crippen MR) is 147 cm³/mol. The third kappa shape index (κ3) is 5.51. The summed E-state index contributed by atoms with van der Waals surface area (Å²) in [7, 11) is 0. The maximum absolute atomic E-state index is 13.1. The smallest absolute Gasteiger partial charge is 0.225 e. The second-order valence-electron chi connectivity index (χ2n) is 10.4. The first kappa shape index (κ1) is 24.8. The number of aromatic nitrogens is 3. The molecule has 3 N–H and O–H groups in total. The number of halogens is 2. The van der Waals surface area contributed by atoms with E-state index in [-0.39, 0.29) is 29.7 Å². The zero-order valence-electron chi connectivity index (χ0n) is 21.0. The van der Waals surface area contributed by atoms with Crippen molar-refractivity contribution in [2.24, 2.45) is 5.92 Å². The SMILES string of the molecule is O=C(NC1CCC(Nc2cc(-c3c[nH]c4ncccc34)cc(Cl)n2)CC1)C1CN(Cc2ccc(F)cc2)C1. The fourth-order valence-corrected chi connectivity index (χ4v) is 5.75. The number of aromatic amines is 1. The van der Waals surface area contributed by atoms with Crippen molar-refractivity contribution in [3.05, 3.63) is 77.5 Å². The van der Waals surface area contributed by atoms with Crippen LogP contribution in [0.3, 0.4) is 0 Å². The average Bonchev–Trinajstić information content (AvgIpc) is 3.32. The monoisotopic (exact) mass is 532 g/mol. The molecular weight excluding hydrogens is 503 g/mol. The number of H-pyrrole nitrogens is 1. The van der Waals surface area contributed by atoms with Crippen LogP contribution < -0.4 is 10.6 Å². The first-order valence-electron chi connectivity index (χ1n) is 13.1. The molecule has 2 fully saturated rings. The van der Waals surface area contributed by atoms with E-state index in [2.05, 4.69) is 30.5 Å². The molecule has 0 unspecified atom stereocenters. The van der Waals surface area contributed by atoms with E-state index < -0.39 is 0 Å². The highest BCUT2D eigenvalue weighted by Gasteiger charge is 2.34. The maximum Gasteiger partial charge on any atom is 0.225 e. The average molecular weight is 533 g/mol. The molecule has 1 aromatic carbocycles. The topological polar surface area (TPSA) is 85.9 Å². The molecule has 3 aromatic heterocycles. The number of amides is 1. The Morgan fingerprint density at radius 2 is 1.84 bits per heavy atom. The predicted octanol–water partition coefficient (Wildman–Crippen LogP) is 5.39. The van der Waals surface area contributed by atoms with Gasteiger partial charge in [-0.3, -0.25) is 9.69 Å². The Bertz CT molecular complexity index is 1430. The van der Waals surface area contributed by atoms with E-state index in [1.165, 1.54) is 12.1 Å². The lowest BCUT2D eigenvalue weighted by Gasteiger charge is -2.39. The highest BCUT2D eigenvalue weighted by atomic mass is 35.5. The summed E-state index contributed by atoms with van der Waals surface area (Å²) in [6.07, 6.45) is 7.48. The van der Waals surface area contributed by atoms with Gasteiger partial charge in [-0.15, -0.1) is 0 Å². The van der Waals surface area contributed by atoms with E-state index in [0.29, 0.717) is 5.15 Å². The van der Waals surface area contributed by atoms with Crippen molar-refractivity contribution in [1.29, 1.82) is 0 Å². The van der Waals surface area contributed by atoms with E-state index in [1.54, 1.807) is 18.3 Å². The van der Waals surface area contributed by atoms with Crippen LogP contribution in [0, 0.1) is 11.7 Å². The van der Waals surface area contributed by atoms with Gasteiger partial charge in [0.1, 0.15) is 22.4 Å². The first-order valence-corrected chi connectivity index (χ1v) is 13.5. The second-order valence-corrected chi connectivity index (χ2v) is 10.8. The van der Waals surface area contributed by atoms with E-state index in [1.807, 2.05) is 30.5 Å². The van der Waals surface area contributed by atoms with Crippen molar-refractivity contribution in [1.82, 2.24) is 25.2 Å². The molecule has 9 heteroatoms. The Kier molecular flexibility index (Phi) is 7.00. The number of carbonyl (C=O) groups is 1. The zero-order chi connectivity index (χ0) is 26.1. The molecule has 0 spiro atoms. The van der Waals surface area contributed by atoms with Gasteiger partial charge in [-0.05, 0) is 73.2 Å². The molecule has 1 aliphatic carbocycles. The van der Waals surface area contributed by atoms with E-state index in [4.69, 9.17) is 11.6 Å². The molecule has 0 bridgehead atoms. The lowest BCUT2D eigenvalue weighted by Crippen LogP contribution is -2.55. The van der Waals surface area contributed by atoms with Crippen molar-refractivity contribution in [3.8, 4) is 11.1 Å². The molecule has 6 rings (SSSR count). The Morgan fingerprint density at radius 3 is 2.63 bits per heavy atom. The molecule has 196 valence electrons. The van der Waals surface area contributed by atoms with Crippen molar-refractivity contribution in [3.63, 3.8) is 0 Å². The van der Waals surface area contributed by atoms with Crippen LogP contribution in [0.25, 0.3) is 22.2 Å². The lowest BCUT2D eigenvalue weighted by atomic mass is 9.90. The summed E-state index contributed by atoms with van der Waals surface area (Å²) >= 11 is 6.38. The fraction of sp³-hybridized carbons (Fsp3) is 0.345. The summed E-state index contributed by atoms with van der Waals surface area (Å²) < 4.78 is 13.1. The standard InChI is InChI=1S/C29H30ClFN6O/c30-26-12-19(25-14-33-28-24(25)2-1-11-32-28)13-27(36-26)34-22-7-9-23(10-8-22)35-29(38)20-16-37(17-20)15-18-3-5-21(31)6-4-18/h1-6,11-14,20,22-23H,7-10,15-17H2,(H,32,33)(H,34,36)(H,35,38). The molecule has 1 saturated heterocycles. The number of carbonyl (C=O) groups excluding carboxylic acids is 1. The van der Waals surface area contributed by atoms with Gasteiger partial charge in [0.05, 0.1) is 5.92 Å². The Morgan fingerprint density at radius 1 is 1.08 bits per heavy atom. The van der Waals surface area contributed by atoms with Gasteiger partial charge in [0.25, 0.3) is 0 Å². The van der Waals surface area contributed by atoms with Gasteiger partial charge in [0, 0.05) is 55.1 Å². The molecule has 4 aromatic rings. The van der Waals surface area contributed by atoms with Gasteiger partial charge in [-0.1, -0.05) is 23.7 Å². The maximum atomic E-state index is 13.1. The van der Waals surface area contributed by atoms with Gasteiger partial charge in [-0.25, -0.2) is 14.4 Å². The first-order chi connectivity index (χ1) is 18.5.